The fraction of sp³-hybridized carbons (Fsp3) is 0.0345. The van der Waals surface area contributed by atoms with Crippen molar-refractivity contribution in [3.63, 3.8) is 0 Å². The van der Waals surface area contributed by atoms with Crippen molar-refractivity contribution in [2.45, 2.75) is 0 Å². The second kappa shape index (κ2) is 9.98. The van der Waals surface area contributed by atoms with Crippen LogP contribution in [0.2, 0.25) is 5.02 Å². The normalized spacial score (nSPS) is 11.2. The van der Waals surface area contributed by atoms with Gasteiger partial charge in [0.15, 0.2) is 0 Å². The average Bonchev–Trinajstić information content (AvgIpc) is 3.37. The van der Waals surface area contributed by atoms with Crippen molar-refractivity contribution >= 4 is 40.2 Å². The van der Waals surface area contributed by atoms with E-state index in [2.05, 4.69) is 5.32 Å². The summed E-state index contributed by atoms with van der Waals surface area (Å²) in [7, 11) is 1.50. The van der Waals surface area contributed by atoms with E-state index in [1.54, 1.807) is 54.6 Å². The van der Waals surface area contributed by atoms with Crippen molar-refractivity contribution in [3.05, 3.63) is 112 Å². The Kier molecular flexibility index (Phi) is 6.43. The molecule has 0 saturated heterocycles. The number of para-hydroxylation sites is 1. The van der Waals surface area contributed by atoms with Crippen LogP contribution in [0.3, 0.4) is 0 Å². The van der Waals surface area contributed by atoms with Crippen LogP contribution in [0, 0.1) is 0 Å². The third-order valence-electron chi connectivity index (χ3n) is 5.56. The smallest absolute Gasteiger partial charge is 0.344 e. The summed E-state index contributed by atoms with van der Waals surface area (Å²) in [6.45, 7) is 0. The molecule has 178 valence electrons. The van der Waals surface area contributed by atoms with E-state index in [0.29, 0.717) is 44.7 Å². The topological polar surface area (TPSA) is 81.7 Å². The van der Waals surface area contributed by atoms with Gasteiger partial charge >= 0.3 is 5.63 Å². The van der Waals surface area contributed by atoms with Gasteiger partial charge in [0.2, 0.25) is 5.91 Å². The molecule has 6 nitrogen and oxygen atoms in total. The Morgan fingerprint density at radius 3 is 2.53 bits per heavy atom. The minimum atomic E-state index is -0.469. The van der Waals surface area contributed by atoms with Crippen LogP contribution < -0.4 is 15.7 Å². The first-order valence-electron chi connectivity index (χ1n) is 11.1. The van der Waals surface area contributed by atoms with Crippen molar-refractivity contribution in [2.75, 3.05) is 12.4 Å². The van der Waals surface area contributed by atoms with E-state index in [1.165, 1.54) is 13.2 Å². The van der Waals surface area contributed by atoms with Crippen LogP contribution in [0.4, 0.5) is 5.69 Å². The van der Waals surface area contributed by atoms with Gasteiger partial charge in [0.1, 0.15) is 22.9 Å². The van der Waals surface area contributed by atoms with E-state index < -0.39 is 5.63 Å². The molecule has 1 amide bonds. The summed E-state index contributed by atoms with van der Waals surface area (Å²) in [5.41, 5.74) is 2.38. The number of halogens is 1. The van der Waals surface area contributed by atoms with E-state index in [9.17, 15) is 9.59 Å². The summed E-state index contributed by atoms with van der Waals surface area (Å²) in [6, 6.07) is 25.0. The van der Waals surface area contributed by atoms with E-state index in [1.807, 2.05) is 36.4 Å². The van der Waals surface area contributed by atoms with Crippen molar-refractivity contribution in [2.24, 2.45) is 0 Å². The van der Waals surface area contributed by atoms with Crippen LogP contribution in [-0.4, -0.2) is 13.0 Å². The van der Waals surface area contributed by atoms with Gasteiger partial charge in [0.25, 0.3) is 0 Å². The molecule has 0 unspecified atom stereocenters. The average molecular weight is 498 g/mol. The highest BCUT2D eigenvalue weighted by Crippen LogP contribution is 2.32. The quantitative estimate of drug-likeness (QED) is 0.201. The standard InChI is InChI=1S/C29H20ClNO5/c1-34-27-17-21(10-13-23(27)24-16-19-4-2-3-5-25(19)36-29(24)33)31-28(32)15-12-22-11-14-26(35-22)18-6-8-20(30)9-7-18/h2-17H,1H3,(H,31,32). The third-order valence-corrected chi connectivity index (χ3v) is 5.81. The van der Waals surface area contributed by atoms with Gasteiger partial charge in [-0.15, -0.1) is 0 Å². The number of benzene rings is 3. The zero-order valence-electron chi connectivity index (χ0n) is 19.2. The molecular formula is C29H20ClNO5. The monoisotopic (exact) mass is 497 g/mol. The number of nitrogens with one attached hydrogen (secondary N) is 1. The number of ether oxygens (including phenoxy) is 1. The first-order valence-corrected chi connectivity index (χ1v) is 11.4. The van der Waals surface area contributed by atoms with Gasteiger partial charge in [-0.1, -0.05) is 29.8 Å². The van der Waals surface area contributed by atoms with Gasteiger partial charge in [-0.3, -0.25) is 4.79 Å². The molecule has 0 saturated carbocycles. The van der Waals surface area contributed by atoms with Crippen LogP contribution >= 0.6 is 11.6 Å². The summed E-state index contributed by atoms with van der Waals surface area (Å²) in [4.78, 5) is 25.1. The fourth-order valence-electron chi connectivity index (χ4n) is 3.79. The largest absolute Gasteiger partial charge is 0.496 e. The summed E-state index contributed by atoms with van der Waals surface area (Å²) >= 11 is 5.93. The zero-order chi connectivity index (χ0) is 25.1. The lowest BCUT2D eigenvalue weighted by Crippen LogP contribution is -2.08. The molecule has 7 heteroatoms. The minimum Gasteiger partial charge on any atom is -0.496 e. The van der Waals surface area contributed by atoms with Crippen LogP contribution in [0.15, 0.2) is 105 Å². The Balaban J connectivity index is 1.32. The lowest BCUT2D eigenvalue weighted by atomic mass is 10.0. The Labute approximate surface area is 211 Å². The van der Waals surface area contributed by atoms with Gasteiger partial charge < -0.3 is 18.9 Å². The summed E-state index contributed by atoms with van der Waals surface area (Å²) in [5, 5.41) is 4.24. The Morgan fingerprint density at radius 2 is 1.72 bits per heavy atom. The van der Waals surface area contributed by atoms with E-state index in [4.69, 9.17) is 25.2 Å². The molecule has 0 bridgehead atoms. The highest BCUT2D eigenvalue weighted by atomic mass is 35.5. The summed E-state index contributed by atoms with van der Waals surface area (Å²) in [5.74, 6) is 1.29. The van der Waals surface area contributed by atoms with Crippen molar-refractivity contribution in [1.82, 2.24) is 0 Å². The number of carbonyl (C=O) groups excluding carboxylic acids is 1. The Bertz CT molecular complexity index is 1650. The maximum absolute atomic E-state index is 12.6. The number of fused-ring (bicyclic) bond motifs is 1. The SMILES string of the molecule is COc1cc(NC(=O)C=Cc2ccc(-c3ccc(Cl)cc3)o2)ccc1-c1cc2ccccc2oc1=O. The number of amides is 1. The molecule has 3 aromatic carbocycles. The maximum atomic E-state index is 12.6. The second-order valence-corrected chi connectivity index (χ2v) is 8.37. The Hall–Kier alpha value is -4.55. The van der Waals surface area contributed by atoms with Crippen molar-refractivity contribution in [1.29, 1.82) is 0 Å². The lowest BCUT2D eigenvalue weighted by Gasteiger charge is -2.11. The maximum Gasteiger partial charge on any atom is 0.344 e. The first kappa shape index (κ1) is 23.2. The van der Waals surface area contributed by atoms with Gasteiger partial charge in [-0.2, -0.15) is 0 Å². The molecule has 0 radical (unpaired) electrons. The number of furan rings is 1. The Morgan fingerprint density at radius 1 is 0.917 bits per heavy atom. The van der Waals surface area contributed by atoms with Crippen molar-refractivity contribution in [3.8, 4) is 28.2 Å². The van der Waals surface area contributed by atoms with Gasteiger partial charge in [0.05, 0.1) is 12.7 Å². The van der Waals surface area contributed by atoms with E-state index >= 15 is 0 Å². The van der Waals surface area contributed by atoms with Crippen LogP contribution in [0.25, 0.3) is 39.5 Å². The number of hydrogen-bond donors (Lipinski definition) is 1. The molecule has 36 heavy (non-hydrogen) atoms. The molecule has 0 aliphatic rings. The number of rotatable bonds is 6. The zero-order valence-corrected chi connectivity index (χ0v) is 19.9. The molecule has 2 heterocycles. The highest BCUT2D eigenvalue weighted by Gasteiger charge is 2.14. The molecule has 5 rings (SSSR count). The molecule has 0 aliphatic carbocycles. The minimum absolute atomic E-state index is 0.348. The third kappa shape index (κ3) is 4.94. The number of carbonyl (C=O) groups is 1. The molecule has 1 N–H and O–H groups in total. The second-order valence-electron chi connectivity index (χ2n) is 7.93. The van der Waals surface area contributed by atoms with Crippen LogP contribution in [-0.2, 0) is 4.79 Å². The van der Waals surface area contributed by atoms with Gasteiger partial charge in [0, 0.05) is 39.4 Å². The predicted octanol–water partition coefficient (Wildman–Crippen LogP) is 7.03. The van der Waals surface area contributed by atoms with Gasteiger partial charge in [-0.25, -0.2) is 4.79 Å². The molecular weight excluding hydrogens is 478 g/mol. The van der Waals surface area contributed by atoms with Crippen LogP contribution in [0.1, 0.15) is 5.76 Å². The lowest BCUT2D eigenvalue weighted by molar-refractivity contribution is -0.111. The van der Waals surface area contributed by atoms with E-state index in [0.717, 1.165) is 10.9 Å². The summed E-state index contributed by atoms with van der Waals surface area (Å²) < 4.78 is 16.7. The van der Waals surface area contributed by atoms with Crippen molar-refractivity contribution < 1.29 is 18.4 Å². The first-order chi connectivity index (χ1) is 17.5. The molecule has 0 spiro atoms. The molecule has 0 aliphatic heterocycles. The fourth-order valence-corrected chi connectivity index (χ4v) is 3.92. The molecule has 0 atom stereocenters. The van der Waals surface area contributed by atoms with Crippen LogP contribution in [0.5, 0.6) is 5.75 Å². The number of anilines is 1. The highest BCUT2D eigenvalue weighted by molar-refractivity contribution is 6.30. The molecule has 2 aromatic heterocycles. The van der Waals surface area contributed by atoms with E-state index in [-0.39, 0.29) is 5.91 Å². The summed E-state index contributed by atoms with van der Waals surface area (Å²) in [6.07, 6.45) is 2.96. The molecule has 5 aromatic rings. The predicted molar refractivity (Wildman–Crippen MR) is 141 cm³/mol. The number of methoxy groups -OCH3 is 1. The number of hydrogen-bond acceptors (Lipinski definition) is 5. The molecule has 0 fully saturated rings. The van der Waals surface area contributed by atoms with Gasteiger partial charge in [-0.05, 0) is 66.7 Å².